The number of alkyl halides is 1. The number of hydrogen-bond donors (Lipinski definition) is 0. The number of aromatic nitrogens is 2. The molecule has 0 atom stereocenters. The molecular formula is C14H7ClF4N2. The second kappa shape index (κ2) is 5.04. The zero-order valence-corrected chi connectivity index (χ0v) is 11.1. The highest BCUT2D eigenvalue weighted by Gasteiger charge is 2.17. The van der Waals surface area contributed by atoms with Gasteiger partial charge in [0.2, 0.25) is 0 Å². The molecule has 2 nitrogen and oxygen atoms in total. The summed E-state index contributed by atoms with van der Waals surface area (Å²) in [6, 6.07) is 4.48. The number of imidazole rings is 1. The van der Waals surface area contributed by atoms with Gasteiger partial charge in [0.25, 0.3) is 0 Å². The van der Waals surface area contributed by atoms with Gasteiger partial charge in [-0.25, -0.2) is 22.5 Å². The first-order valence-corrected chi connectivity index (χ1v) is 6.42. The Morgan fingerprint density at radius 3 is 2.14 bits per heavy atom. The van der Waals surface area contributed by atoms with Gasteiger partial charge in [-0.15, -0.1) is 11.6 Å². The molecule has 108 valence electrons. The van der Waals surface area contributed by atoms with Gasteiger partial charge < -0.3 is 0 Å². The molecular weight excluding hydrogens is 308 g/mol. The largest absolute Gasteiger partial charge is 0.295 e. The van der Waals surface area contributed by atoms with E-state index in [-0.39, 0.29) is 28.4 Å². The number of fused-ring (bicyclic) bond motifs is 1. The molecule has 0 N–H and O–H groups in total. The topological polar surface area (TPSA) is 17.8 Å². The van der Waals surface area contributed by atoms with Crippen LogP contribution >= 0.6 is 11.6 Å². The second-order valence-corrected chi connectivity index (χ2v) is 4.65. The minimum absolute atomic E-state index is 0.0492. The zero-order valence-electron chi connectivity index (χ0n) is 10.4. The number of rotatable bonds is 2. The molecule has 0 saturated carbocycles. The molecule has 1 heterocycles. The molecule has 0 unspecified atom stereocenters. The Bertz CT molecular complexity index is 824. The van der Waals surface area contributed by atoms with E-state index in [1.54, 1.807) is 0 Å². The summed E-state index contributed by atoms with van der Waals surface area (Å²) < 4.78 is 55.1. The lowest BCUT2D eigenvalue weighted by molar-refractivity contribution is 0.581. The van der Waals surface area contributed by atoms with Crippen LogP contribution in [0.25, 0.3) is 16.7 Å². The van der Waals surface area contributed by atoms with Crippen molar-refractivity contribution in [1.82, 2.24) is 9.55 Å². The zero-order chi connectivity index (χ0) is 15.1. The van der Waals surface area contributed by atoms with E-state index in [1.807, 2.05) is 0 Å². The molecule has 3 rings (SSSR count). The van der Waals surface area contributed by atoms with Gasteiger partial charge in [0.15, 0.2) is 5.82 Å². The van der Waals surface area contributed by atoms with Gasteiger partial charge in [-0.2, -0.15) is 0 Å². The number of hydrogen-bond acceptors (Lipinski definition) is 1. The van der Waals surface area contributed by atoms with Crippen molar-refractivity contribution in [3.8, 4) is 5.69 Å². The predicted molar refractivity (Wildman–Crippen MR) is 70.5 cm³/mol. The van der Waals surface area contributed by atoms with Crippen molar-refractivity contribution in [1.29, 1.82) is 0 Å². The lowest BCUT2D eigenvalue weighted by atomic mass is 10.2. The Kier molecular flexibility index (Phi) is 3.33. The monoisotopic (exact) mass is 314 g/mol. The average molecular weight is 315 g/mol. The van der Waals surface area contributed by atoms with Gasteiger partial charge in [0.1, 0.15) is 28.8 Å². The van der Waals surface area contributed by atoms with E-state index in [4.69, 9.17) is 11.6 Å². The van der Waals surface area contributed by atoms with Gasteiger partial charge >= 0.3 is 0 Å². The number of nitrogens with zero attached hydrogens (tertiary/aromatic N) is 2. The SMILES string of the molecule is Fc1cc(F)cc(-n2c(CCl)nc3c(F)cc(F)cc32)c1. The van der Waals surface area contributed by atoms with Crippen molar-refractivity contribution in [3.05, 3.63) is 59.4 Å². The van der Waals surface area contributed by atoms with Gasteiger partial charge in [0.05, 0.1) is 17.1 Å². The highest BCUT2D eigenvalue weighted by atomic mass is 35.5. The summed E-state index contributed by atoms with van der Waals surface area (Å²) in [7, 11) is 0. The molecule has 0 aliphatic carbocycles. The lowest BCUT2D eigenvalue weighted by Gasteiger charge is -2.08. The average Bonchev–Trinajstić information content (AvgIpc) is 2.76. The molecule has 0 bridgehead atoms. The first-order chi connectivity index (χ1) is 9.99. The molecule has 1 aromatic heterocycles. The number of halogens is 5. The van der Waals surface area contributed by atoms with Crippen LogP contribution in [-0.2, 0) is 5.88 Å². The van der Waals surface area contributed by atoms with Gasteiger partial charge in [-0.3, -0.25) is 4.57 Å². The first-order valence-electron chi connectivity index (χ1n) is 5.88. The third-order valence-corrected chi connectivity index (χ3v) is 3.21. The smallest absolute Gasteiger partial charge is 0.153 e. The molecule has 0 fully saturated rings. The Morgan fingerprint density at radius 2 is 1.52 bits per heavy atom. The molecule has 0 amide bonds. The lowest BCUT2D eigenvalue weighted by Crippen LogP contribution is -2.01. The van der Waals surface area contributed by atoms with Crippen LogP contribution in [0, 0.1) is 23.3 Å². The molecule has 2 aromatic carbocycles. The van der Waals surface area contributed by atoms with Gasteiger partial charge in [0, 0.05) is 18.2 Å². The maximum Gasteiger partial charge on any atom is 0.153 e. The third kappa shape index (κ3) is 2.35. The minimum atomic E-state index is -0.869. The van der Waals surface area contributed by atoms with Crippen molar-refractivity contribution in [2.75, 3.05) is 0 Å². The normalized spacial score (nSPS) is 11.3. The Balaban J connectivity index is 2.39. The van der Waals surface area contributed by atoms with E-state index in [2.05, 4.69) is 4.98 Å². The van der Waals surface area contributed by atoms with E-state index in [0.29, 0.717) is 12.1 Å². The molecule has 0 aliphatic rings. The van der Waals surface area contributed by atoms with Gasteiger partial charge in [-0.05, 0) is 12.1 Å². The second-order valence-electron chi connectivity index (χ2n) is 4.38. The Morgan fingerprint density at radius 1 is 0.905 bits per heavy atom. The highest BCUT2D eigenvalue weighted by molar-refractivity contribution is 6.17. The summed E-state index contributed by atoms with van der Waals surface area (Å²) in [5.41, 5.74) is -0.0134. The molecule has 3 aromatic rings. The summed E-state index contributed by atoms with van der Waals surface area (Å²) in [5, 5.41) is 0. The molecule has 0 radical (unpaired) electrons. The van der Waals surface area contributed by atoms with E-state index < -0.39 is 23.3 Å². The van der Waals surface area contributed by atoms with E-state index in [0.717, 1.165) is 18.2 Å². The predicted octanol–water partition coefficient (Wildman–Crippen LogP) is 4.32. The van der Waals surface area contributed by atoms with Crippen LogP contribution in [-0.4, -0.2) is 9.55 Å². The quantitative estimate of drug-likeness (QED) is 0.509. The fourth-order valence-corrected chi connectivity index (χ4v) is 2.38. The standard InChI is InChI=1S/C14H7ClF4N2/c15-6-13-20-14-11(19)4-9(18)5-12(14)21(13)10-2-7(16)1-8(17)3-10/h1-5H,6H2. The molecule has 0 aliphatic heterocycles. The third-order valence-electron chi connectivity index (χ3n) is 2.97. The fraction of sp³-hybridized carbons (Fsp3) is 0.0714. The first kappa shape index (κ1) is 13.9. The molecule has 0 saturated heterocycles. The van der Waals surface area contributed by atoms with Crippen LogP contribution in [0.4, 0.5) is 17.6 Å². The van der Waals surface area contributed by atoms with Crippen molar-refractivity contribution < 1.29 is 17.6 Å². The van der Waals surface area contributed by atoms with E-state index in [1.165, 1.54) is 4.57 Å². The fourth-order valence-electron chi connectivity index (χ4n) is 2.20. The van der Waals surface area contributed by atoms with Crippen molar-refractivity contribution in [3.63, 3.8) is 0 Å². The summed E-state index contributed by atoms with van der Waals surface area (Å²) in [6.45, 7) is 0. The van der Waals surface area contributed by atoms with E-state index >= 15 is 0 Å². The molecule has 21 heavy (non-hydrogen) atoms. The molecule has 0 spiro atoms. The van der Waals surface area contributed by atoms with Crippen molar-refractivity contribution >= 4 is 22.6 Å². The Hall–Kier alpha value is -2.08. The highest BCUT2D eigenvalue weighted by Crippen LogP contribution is 2.26. The van der Waals surface area contributed by atoms with Crippen LogP contribution in [0.1, 0.15) is 5.82 Å². The van der Waals surface area contributed by atoms with Crippen LogP contribution < -0.4 is 0 Å². The summed E-state index contributed by atoms with van der Waals surface area (Å²) >= 11 is 5.74. The maximum atomic E-state index is 13.7. The van der Waals surface area contributed by atoms with Crippen LogP contribution in [0.15, 0.2) is 30.3 Å². The summed E-state index contributed by atoms with van der Waals surface area (Å²) in [4.78, 5) is 3.95. The summed E-state index contributed by atoms with van der Waals surface area (Å²) in [5.74, 6) is -3.30. The van der Waals surface area contributed by atoms with E-state index in [9.17, 15) is 17.6 Å². The summed E-state index contributed by atoms with van der Waals surface area (Å²) in [6.07, 6.45) is 0. The number of benzene rings is 2. The Labute approximate surface area is 121 Å². The van der Waals surface area contributed by atoms with Gasteiger partial charge in [-0.1, -0.05) is 0 Å². The van der Waals surface area contributed by atoms with Crippen LogP contribution in [0.5, 0.6) is 0 Å². The molecule has 7 heteroatoms. The minimum Gasteiger partial charge on any atom is -0.295 e. The van der Waals surface area contributed by atoms with Crippen molar-refractivity contribution in [2.45, 2.75) is 5.88 Å². The van der Waals surface area contributed by atoms with Crippen LogP contribution in [0.3, 0.4) is 0 Å². The maximum absolute atomic E-state index is 13.7. The van der Waals surface area contributed by atoms with Crippen molar-refractivity contribution in [2.24, 2.45) is 0 Å². The van der Waals surface area contributed by atoms with Crippen LogP contribution in [0.2, 0.25) is 0 Å².